The first-order valence-corrected chi connectivity index (χ1v) is 5.04. The number of benzene rings is 1. The largest absolute Gasteiger partial charge is 0.275 e. The van der Waals surface area contributed by atoms with Crippen molar-refractivity contribution < 1.29 is 0 Å². The standard InChI is InChI=1S/C12H10N4/c1-16-8-10(7-13-16)12-6-9-4-2-3-5-11(9)14-15-12/h2-8H,1H3. The predicted molar refractivity (Wildman–Crippen MR) is 61.7 cm³/mol. The molecule has 0 fully saturated rings. The Morgan fingerprint density at radius 2 is 2.00 bits per heavy atom. The molecule has 0 unspecified atom stereocenters. The summed E-state index contributed by atoms with van der Waals surface area (Å²) in [4.78, 5) is 0. The zero-order valence-corrected chi connectivity index (χ0v) is 8.83. The number of aryl methyl sites for hydroxylation is 1. The molecule has 0 amide bonds. The van der Waals surface area contributed by atoms with Gasteiger partial charge in [-0.15, -0.1) is 10.2 Å². The smallest absolute Gasteiger partial charge is 0.0967 e. The number of rotatable bonds is 1. The van der Waals surface area contributed by atoms with E-state index in [1.54, 1.807) is 10.9 Å². The molecular formula is C12H10N4. The van der Waals surface area contributed by atoms with Crippen molar-refractivity contribution in [2.45, 2.75) is 0 Å². The minimum absolute atomic E-state index is 0.854. The van der Waals surface area contributed by atoms with Crippen LogP contribution in [0.2, 0.25) is 0 Å². The fourth-order valence-electron chi connectivity index (χ4n) is 1.68. The van der Waals surface area contributed by atoms with Gasteiger partial charge in [0.25, 0.3) is 0 Å². The van der Waals surface area contributed by atoms with Crippen molar-refractivity contribution in [2.75, 3.05) is 0 Å². The van der Waals surface area contributed by atoms with E-state index in [1.807, 2.05) is 43.6 Å². The van der Waals surface area contributed by atoms with Gasteiger partial charge in [0, 0.05) is 24.2 Å². The van der Waals surface area contributed by atoms with E-state index in [0.29, 0.717) is 0 Å². The van der Waals surface area contributed by atoms with Crippen LogP contribution in [0.25, 0.3) is 22.2 Å². The van der Waals surface area contributed by atoms with Crippen LogP contribution < -0.4 is 0 Å². The Kier molecular flexibility index (Phi) is 1.93. The molecule has 0 N–H and O–H groups in total. The van der Waals surface area contributed by atoms with Gasteiger partial charge in [0.15, 0.2) is 0 Å². The molecule has 4 heteroatoms. The van der Waals surface area contributed by atoms with Crippen molar-refractivity contribution >= 4 is 10.9 Å². The van der Waals surface area contributed by atoms with Gasteiger partial charge in [-0.3, -0.25) is 4.68 Å². The van der Waals surface area contributed by atoms with Crippen LogP contribution in [0.3, 0.4) is 0 Å². The third kappa shape index (κ3) is 1.44. The highest BCUT2D eigenvalue weighted by Crippen LogP contribution is 2.19. The molecule has 0 saturated heterocycles. The van der Waals surface area contributed by atoms with Crippen LogP contribution in [0.1, 0.15) is 0 Å². The summed E-state index contributed by atoms with van der Waals surface area (Å²) >= 11 is 0. The molecule has 78 valence electrons. The maximum atomic E-state index is 4.19. The summed E-state index contributed by atoms with van der Waals surface area (Å²) < 4.78 is 1.76. The quantitative estimate of drug-likeness (QED) is 0.617. The molecule has 0 aliphatic carbocycles. The predicted octanol–water partition coefficient (Wildman–Crippen LogP) is 2.03. The minimum atomic E-state index is 0.854. The van der Waals surface area contributed by atoms with E-state index in [-0.39, 0.29) is 0 Å². The lowest BCUT2D eigenvalue weighted by Crippen LogP contribution is -1.88. The summed E-state index contributed by atoms with van der Waals surface area (Å²) in [5.41, 5.74) is 2.75. The van der Waals surface area contributed by atoms with Gasteiger partial charge in [-0.2, -0.15) is 5.10 Å². The van der Waals surface area contributed by atoms with Gasteiger partial charge in [0.2, 0.25) is 0 Å². The number of hydrogen-bond acceptors (Lipinski definition) is 3. The highest BCUT2D eigenvalue weighted by molar-refractivity contribution is 5.81. The molecule has 0 bridgehead atoms. The van der Waals surface area contributed by atoms with Gasteiger partial charge >= 0.3 is 0 Å². The lowest BCUT2D eigenvalue weighted by Gasteiger charge is -1.98. The monoisotopic (exact) mass is 210 g/mol. The molecule has 3 aromatic rings. The van der Waals surface area contributed by atoms with Crippen LogP contribution in [0, 0.1) is 0 Å². The van der Waals surface area contributed by atoms with Gasteiger partial charge in [0.05, 0.1) is 17.4 Å². The van der Waals surface area contributed by atoms with Crippen LogP contribution in [0.4, 0.5) is 0 Å². The highest BCUT2D eigenvalue weighted by Gasteiger charge is 2.03. The summed E-state index contributed by atoms with van der Waals surface area (Å²) in [6, 6.07) is 9.97. The molecule has 2 aromatic heterocycles. The third-order valence-corrected chi connectivity index (χ3v) is 2.50. The zero-order chi connectivity index (χ0) is 11.0. The minimum Gasteiger partial charge on any atom is -0.275 e. The normalized spacial score (nSPS) is 10.8. The highest BCUT2D eigenvalue weighted by atomic mass is 15.2. The zero-order valence-electron chi connectivity index (χ0n) is 8.83. The van der Waals surface area contributed by atoms with E-state index in [1.165, 1.54) is 0 Å². The molecule has 0 aliphatic heterocycles. The summed E-state index contributed by atoms with van der Waals surface area (Å²) in [5.74, 6) is 0. The van der Waals surface area contributed by atoms with Crippen LogP contribution in [-0.2, 0) is 7.05 Å². The Labute approximate surface area is 92.6 Å². The molecule has 0 radical (unpaired) electrons. The second-order valence-corrected chi connectivity index (χ2v) is 3.69. The van der Waals surface area contributed by atoms with Crippen LogP contribution in [-0.4, -0.2) is 20.0 Å². The van der Waals surface area contributed by atoms with Crippen molar-refractivity contribution in [3.05, 3.63) is 42.7 Å². The fourth-order valence-corrected chi connectivity index (χ4v) is 1.68. The Bertz CT molecular complexity index is 642. The molecule has 0 aliphatic rings. The summed E-state index contributed by atoms with van der Waals surface area (Å²) in [6.45, 7) is 0. The number of fused-ring (bicyclic) bond motifs is 1. The van der Waals surface area contributed by atoms with Crippen molar-refractivity contribution in [3.63, 3.8) is 0 Å². The summed E-state index contributed by atoms with van der Waals surface area (Å²) in [6.07, 6.45) is 3.72. The molecule has 0 atom stereocenters. The molecule has 4 nitrogen and oxygen atoms in total. The van der Waals surface area contributed by atoms with Gasteiger partial charge in [-0.05, 0) is 12.1 Å². The Morgan fingerprint density at radius 3 is 2.81 bits per heavy atom. The van der Waals surface area contributed by atoms with E-state index in [2.05, 4.69) is 15.3 Å². The average molecular weight is 210 g/mol. The van der Waals surface area contributed by atoms with Crippen LogP contribution in [0.5, 0.6) is 0 Å². The van der Waals surface area contributed by atoms with Gasteiger partial charge < -0.3 is 0 Å². The van der Waals surface area contributed by atoms with Crippen molar-refractivity contribution in [2.24, 2.45) is 7.05 Å². The second kappa shape index (κ2) is 3.41. The van der Waals surface area contributed by atoms with Crippen molar-refractivity contribution in [3.8, 4) is 11.3 Å². The van der Waals surface area contributed by atoms with Crippen molar-refractivity contribution in [1.29, 1.82) is 0 Å². The lowest BCUT2D eigenvalue weighted by molar-refractivity contribution is 0.768. The first-order valence-electron chi connectivity index (χ1n) is 5.04. The SMILES string of the molecule is Cn1cc(-c2cc3ccccc3nn2)cn1. The Balaban J connectivity index is 2.18. The molecular weight excluding hydrogens is 200 g/mol. The van der Waals surface area contributed by atoms with Crippen molar-refractivity contribution in [1.82, 2.24) is 20.0 Å². The van der Waals surface area contributed by atoms with E-state index in [0.717, 1.165) is 22.2 Å². The van der Waals surface area contributed by atoms with E-state index in [9.17, 15) is 0 Å². The van der Waals surface area contributed by atoms with E-state index >= 15 is 0 Å². The first-order chi connectivity index (χ1) is 7.83. The van der Waals surface area contributed by atoms with Gasteiger partial charge in [0.1, 0.15) is 0 Å². The van der Waals surface area contributed by atoms with Crippen LogP contribution >= 0.6 is 0 Å². The first kappa shape index (κ1) is 9.03. The Morgan fingerprint density at radius 1 is 1.12 bits per heavy atom. The average Bonchev–Trinajstić information content (AvgIpc) is 2.75. The fraction of sp³-hybridized carbons (Fsp3) is 0.0833. The van der Waals surface area contributed by atoms with Gasteiger partial charge in [-0.25, -0.2) is 0 Å². The number of aromatic nitrogens is 4. The van der Waals surface area contributed by atoms with Crippen LogP contribution in [0.15, 0.2) is 42.7 Å². The van der Waals surface area contributed by atoms with E-state index < -0.39 is 0 Å². The summed E-state index contributed by atoms with van der Waals surface area (Å²) in [5, 5.41) is 13.6. The molecule has 3 rings (SSSR count). The molecule has 16 heavy (non-hydrogen) atoms. The lowest BCUT2D eigenvalue weighted by atomic mass is 10.2. The maximum absolute atomic E-state index is 4.19. The number of nitrogens with zero attached hydrogens (tertiary/aromatic N) is 4. The molecule has 1 aromatic carbocycles. The van der Waals surface area contributed by atoms with Gasteiger partial charge in [-0.1, -0.05) is 18.2 Å². The molecule has 0 saturated carbocycles. The topological polar surface area (TPSA) is 43.6 Å². The maximum Gasteiger partial charge on any atom is 0.0967 e. The summed E-state index contributed by atoms with van der Waals surface area (Å²) in [7, 11) is 1.89. The second-order valence-electron chi connectivity index (χ2n) is 3.69. The molecule has 0 spiro atoms. The Hall–Kier alpha value is -2.23. The third-order valence-electron chi connectivity index (χ3n) is 2.50. The molecule has 2 heterocycles. The number of hydrogen-bond donors (Lipinski definition) is 0. The van der Waals surface area contributed by atoms with E-state index in [4.69, 9.17) is 0 Å².